The lowest BCUT2D eigenvalue weighted by Gasteiger charge is -2.34. The Bertz CT molecular complexity index is 1440. The van der Waals surface area contributed by atoms with Gasteiger partial charge in [-0.25, -0.2) is 12.8 Å². The number of nitrogens with one attached hydrogen (secondary N) is 1. The molecule has 0 spiro atoms. The molecule has 1 atom stereocenters. The lowest BCUT2D eigenvalue weighted by molar-refractivity contribution is -0.140. The number of halogens is 1. The Morgan fingerprint density at radius 3 is 2.19 bits per heavy atom. The van der Waals surface area contributed by atoms with Crippen LogP contribution in [0.4, 0.5) is 10.1 Å². The van der Waals surface area contributed by atoms with Gasteiger partial charge in [0, 0.05) is 12.6 Å². The van der Waals surface area contributed by atoms with Gasteiger partial charge in [-0.3, -0.25) is 13.9 Å². The minimum atomic E-state index is -3.87. The number of hydrogen-bond acceptors (Lipinski definition) is 5. The van der Waals surface area contributed by atoms with E-state index in [1.54, 1.807) is 36.4 Å². The third-order valence-corrected chi connectivity index (χ3v) is 8.80. The van der Waals surface area contributed by atoms with Gasteiger partial charge in [-0.15, -0.1) is 0 Å². The van der Waals surface area contributed by atoms with Crippen molar-refractivity contribution < 1.29 is 27.1 Å². The predicted octanol–water partition coefficient (Wildman–Crippen LogP) is 5.43. The number of nitrogens with zero attached hydrogens (tertiary/aromatic N) is 2. The molecule has 230 valence electrons. The number of benzene rings is 3. The maximum absolute atomic E-state index is 13.9. The van der Waals surface area contributed by atoms with Gasteiger partial charge in [0.1, 0.15) is 30.8 Å². The second kappa shape index (κ2) is 15.0. The molecule has 0 heterocycles. The maximum atomic E-state index is 13.9. The van der Waals surface area contributed by atoms with Gasteiger partial charge in [-0.2, -0.15) is 0 Å². The SMILES string of the molecule is CCC(C(=O)NC1CCCCC1)N(Cc1ccc(F)cc1)C(=O)CN(c1ccc(OCc2ccccc2)cc1)S(C)(=O)=O. The number of anilines is 1. The van der Waals surface area contributed by atoms with E-state index < -0.39 is 34.3 Å². The fourth-order valence-corrected chi connectivity index (χ4v) is 6.16. The van der Waals surface area contributed by atoms with Gasteiger partial charge in [0.25, 0.3) is 0 Å². The van der Waals surface area contributed by atoms with E-state index in [1.165, 1.54) is 17.0 Å². The fourth-order valence-electron chi connectivity index (χ4n) is 5.31. The third kappa shape index (κ3) is 9.28. The molecule has 0 aliphatic heterocycles. The summed E-state index contributed by atoms with van der Waals surface area (Å²) in [4.78, 5) is 28.8. The van der Waals surface area contributed by atoms with Crippen molar-refractivity contribution in [2.75, 3.05) is 17.1 Å². The zero-order valence-electron chi connectivity index (χ0n) is 24.7. The standard InChI is InChI=1S/C33H40FN3O5S/c1-3-31(33(39)35-28-12-8-5-9-13-28)36(22-25-14-16-27(34)17-15-25)32(38)23-37(43(2,40)41)29-18-20-30(21-19-29)42-24-26-10-6-4-7-11-26/h4,6-7,10-11,14-21,28,31H,3,5,8-9,12-13,22-24H2,1-2H3,(H,35,39). The van der Waals surface area contributed by atoms with Crippen LogP contribution in [0.1, 0.15) is 56.6 Å². The molecule has 3 aromatic rings. The van der Waals surface area contributed by atoms with E-state index in [2.05, 4.69) is 5.32 Å². The van der Waals surface area contributed by atoms with Crippen LogP contribution in [-0.2, 0) is 32.8 Å². The number of sulfonamides is 1. The van der Waals surface area contributed by atoms with Gasteiger partial charge in [0.2, 0.25) is 21.8 Å². The van der Waals surface area contributed by atoms with E-state index in [1.807, 2.05) is 37.3 Å². The van der Waals surface area contributed by atoms with E-state index in [9.17, 15) is 22.4 Å². The molecule has 1 aliphatic carbocycles. The Hall–Kier alpha value is -3.92. The summed E-state index contributed by atoms with van der Waals surface area (Å²) >= 11 is 0. The van der Waals surface area contributed by atoms with Crippen molar-refractivity contribution in [1.29, 1.82) is 0 Å². The summed E-state index contributed by atoms with van der Waals surface area (Å²) in [5, 5.41) is 3.11. The van der Waals surface area contributed by atoms with E-state index in [4.69, 9.17) is 4.74 Å². The number of hydrogen-bond donors (Lipinski definition) is 1. The smallest absolute Gasteiger partial charge is 0.244 e. The second-order valence-corrected chi connectivity index (χ2v) is 12.9. The van der Waals surface area contributed by atoms with Crippen LogP contribution in [-0.4, -0.2) is 50.0 Å². The Kier molecular flexibility index (Phi) is 11.2. The number of carbonyl (C=O) groups excluding carboxylic acids is 2. The molecule has 8 nitrogen and oxygen atoms in total. The van der Waals surface area contributed by atoms with Crippen molar-refractivity contribution in [1.82, 2.24) is 10.2 Å². The van der Waals surface area contributed by atoms with Crippen molar-refractivity contribution in [2.24, 2.45) is 0 Å². The van der Waals surface area contributed by atoms with Gasteiger partial charge in [-0.1, -0.05) is 68.7 Å². The van der Waals surface area contributed by atoms with E-state index in [-0.39, 0.29) is 18.5 Å². The van der Waals surface area contributed by atoms with Crippen molar-refractivity contribution in [2.45, 2.75) is 70.7 Å². The predicted molar refractivity (Wildman–Crippen MR) is 165 cm³/mol. The highest BCUT2D eigenvalue weighted by atomic mass is 32.2. The number of rotatable bonds is 13. The Labute approximate surface area is 253 Å². The first kappa shape index (κ1) is 32.0. The highest BCUT2D eigenvalue weighted by Gasteiger charge is 2.32. The molecule has 1 N–H and O–H groups in total. The number of ether oxygens (including phenoxy) is 1. The van der Waals surface area contributed by atoms with Crippen LogP contribution in [0.2, 0.25) is 0 Å². The lowest BCUT2D eigenvalue weighted by Crippen LogP contribution is -2.53. The molecular weight excluding hydrogens is 569 g/mol. The van der Waals surface area contributed by atoms with E-state index in [0.717, 1.165) is 48.2 Å². The average molecular weight is 610 g/mol. The first-order valence-electron chi connectivity index (χ1n) is 14.7. The number of amides is 2. The summed E-state index contributed by atoms with van der Waals surface area (Å²) in [5.74, 6) is -0.667. The molecule has 10 heteroatoms. The van der Waals surface area contributed by atoms with Crippen molar-refractivity contribution in [3.05, 3.63) is 95.8 Å². The highest BCUT2D eigenvalue weighted by molar-refractivity contribution is 7.92. The molecule has 3 aromatic carbocycles. The van der Waals surface area contributed by atoms with Crippen molar-refractivity contribution in [3.63, 3.8) is 0 Å². The molecule has 0 aromatic heterocycles. The van der Waals surface area contributed by atoms with Gasteiger partial charge < -0.3 is 15.0 Å². The highest BCUT2D eigenvalue weighted by Crippen LogP contribution is 2.24. The van der Waals surface area contributed by atoms with Crippen LogP contribution in [0.5, 0.6) is 5.75 Å². The summed E-state index contributed by atoms with van der Waals surface area (Å²) in [6.45, 7) is 1.70. The first-order valence-corrected chi connectivity index (χ1v) is 16.6. The van der Waals surface area contributed by atoms with E-state index in [0.29, 0.717) is 30.0 Å². The second-order valence-electron chi connectivity index (χ2n) is 11.0. The molecule has 1 fully saturated rings. The first-order chi connectivity index (χ1) is 20.6. The Morgan fingerprint density at radius 2 is 1.58 bits per heavy atom. The lowest BCUT2D eigenvalue weighted by atomic mass is 9.95. The van der Waals surface area contributed by atoms with Gasteiger partial charge in [0.15, 0.2) is 0 Å². The van der Waals surface area contributed by atoms with Crippen LogP contribution < -0.4 is 14.4 Å². The molecule has 2 amide bonds. The minimum Gasteiger partial charge on any atom is -0.489 e. The van der Waals surface area contributed by atoms with Crippen LogP contribution in [0.25, 0.3) is 0 Å². The topological polar surface area (TPSA) is 96.0 Å². The largest absolute Gasteiger partial charge is 0.489 e. The normalized spacial score (nSPS) is 14.5. The Balaban J connectivity index is 1.54. The average Bonchev–Trinajstić information content (AvgIpc) is 3.00. The molecule has 0 bridgehead atoms. The van der Waals surface area contributed by atoms with Gasteiger partial charge >= 0.3 is 0 Å². The quantitative estimate of drug-likeness (QED) is 0.279. The van der Waals surface area contributed by atoms with Gasteiger partial charge in [-0.05, 0) is 66.8 Å². The zero-order valence-corrected chi connectivity index (χ0v) is 25.6. The fraction of sp³-hybridized carbons (Fsp3) is 0.394. The van der Waals surface area contributed by atoms with Crippen molar-refractivity contribution >= 4 is 27.5 Å². The molecule has 1 unspecified atom stereocenters. The third-order valence-electron chi connectivity index (χ3n) is 7.66. The number of carbonyl (C=O) groups is 2. The molecule has 0 saturated heterocycles. The monoisotopic (exact) mass is 609 g/mol. The summed E-state index contributed by atoms with van der Waals surface area (Å²) in [6.07, 6.45) is 6.37. The molecule has 1 aliphatic rings. The maximum Gasteiger partial charge on any atom is 0.244 e. The molecule has 0 radical (unpaired) electrons. The minimum absolute atomic E-state index is 0.0274. The van der Waals surface area contributed by atoms with E-state index >= 15 is 0 Å². The molecular formula is C33H40FN3O5S. The zero-order chi connectivity index (χ0) is 30.8. The summed E-state index contributed by atoms with van der Waals surface area (Å²) in [6, 6.07) is 21.1. The van der Waals surface area contributed by atoms with Crippen LogP contribution >= 0.6 is 0 Å². The molecule has 1 saturated carbocycles. The summed E-state index contributed by atoms with van der Waals surface area (Å²) in [7, 11) is -3.87. The summed E-state index contributed by atoms with van der Waals surface area (Å²) < 4.78 is 46.3. The Morgan fingerprint density at radius 1 is 0.930 bits per heavy atom. The van der Waals surface area contributed by atoms with Crippen LogP contribution in [0.3, 0.4) is 0 Å². The summed E-state index contributed by atoms with van der Waals surface area (Å²) in [5.41, 5.74) is 1.92. The van der Waals surface area contributed by atoms with Gasteiger partial charge in [0.05, 0.1) is 11.9 Å². The molecule has 4 rings (SSSR count). The van der Waals surface area contributed by atoms with Crippen LogP contribution in [0.15, 0.2) is 78.9 Å². The molecule has 43 heavy (non-hydrogen) atoms. The van der Waals surface area contributed by atoms with Crippen LogP contribution in [0, 0.1) is 5.82 Å². The van der Waals surface area contributed by atoms with Crippen molar-refractivity contribution in [3.8, 4) is 5.75 Å².